The lowest BCUT2D eigenvalue weighted by molar-refractivity contribution is 0.806. The summed E-state index contributed by atoms with van der Waals surface area (Å²) in [5.41, 5.74) is 10.3. The maximum absolute atomic E-state index is 6.05. The third-order valence-electron chi connectivity index (χ3n) is 2.57. The first-order valence-electron chi connectivity index (χ1n) is 4.76. The van der Waals surface area contributed by atoms with Gasteiger partial charge in [-0.2, -0.15) is 11.8 Å². The minimum Gasteiger partial charge on any atom is -0.323 e. The molecule has 0 saturated carbocycles. The first-order chi connectivity index (χ1) is 6.31. The second kappa shape index (κ2) is 3.72. The summed E-state index contributed by atoms with van der Waals surface area (Å²) in [6, 6.07) is 6.98. The van der Waals surface area contributed by atoms with E-state index < -0.39 is 0 Å². The number of fused-ring (bicyclic) bond motifs is 1. The van der Waals surface area contributed by atoms with Crippen molar-refractivity contribution >= 4 is 11.8 Å². The van der Waals surface area contributed by atoms with E-state index in [1.807, 2.05) is 11.8 Å². The molecule has 1 aromatic carbocycles. The van der Waals surface area contributed by atoms with Gasteiger partial charge in [0.1, 0.15) is 0 Å². The topological polar surface area (TPSA) is 26.0 Å². The van der Waals surface area contributed by atoms with E-state index in [9.17, 15) is 0 Å². The fourth-order valence-corrected chi connectivity index (χ4v) is 2.76. The molecular weight excluding hydrogens is 178 g/mol. The van der Waals surface area contributed by atoms with Crippen LogP contribution in [-0.4, -0.2) is 5.75 Å². The monoisotopic (exact) mass is 193 g/mol. The summed E-state index contributed by atoms with van der Waals surface area (Å²) in [6.45, 7) is 2.19. The van der Waals surface area contributed by atoms with Crippen LogP contribution in [0.5, 0.6) is 0 Å². The molecule has 0 aliphatic carbocycles. The molecular formula is C11H15NS. The van der Waals surface area contributed by atoms with Crippen LogP contribution < -0.4 is 5.73 Å². The highest BCUT2D eigenvalue weighted by atomic mass is 32.2. The van der Waals surface area contributed by atoms with Crippen molar-refractivity contribution in [3.8, 4) is 0 Å². The van der Waals surface area contributed by atoms with Gasteiger partial charge in [0.15, 0.2) is 0 Å². The zero-order valence-electron chi connectivity index (χ0n) is 7.92. The lowest BCUT2D eigenvalue weighted by atomic mass is 9.98. The predicted octanol–water partition coefficient (Wildman–Crippen LogP) is 2.50. The summed E-state index contributed by atoms with van der Waals surface area (Å²) in [7, 11) is 0. The van der Waals surface area contributed by atoms with E-state index in [1.165, 1.54) is 16.7 Å². The molecule has 70 valence electrons. The van der Waals surface area contributed by atoms with Gasteiger partial charge in [0, 0.05) is 17.5 Å². The van der Waals surface area contributed by atoms with Crippen molar-refractivity contribution in [3.63, 3.8) is 0 Å². The zero-order valence-corrected chi connectivity index (χ0v) is 8.73. The molecule has 0 aromatic heterocycles. The number of hydrogen-bond donors (Lipinski definition) is 1. The Kier molecular flexibility index (Phi) is 2.61. The molecule has 1 aromatic rings. The normalized spacial score (nSPS) is 21.2. The quantitative estimate of drug-likeness (QED) is 0.741. The lowest BCUT2D eigenvalue weighted by Crippen LogP contribution is -2.18. The number of benzene rings is 1. The molecule has 0 bridgehead atoms. The van der Waals surface area contributed by atoms with Crippen LogP contribution in [0.4, 0.5) is 0 Å². The van der Waals surface area contributed by atoms with E-state index in [0.29, 0.717) is 0 Å². The summed E-state index contributed by atoms with van der Waals surface area (Å²) in [5.74, 6) is 2.20. The molecule has 1 nitrogen and oxygen atoms in total. The van der Waals surface area contributed by atoms with Crippen LogP contribution in [0.25, 0.3) is 0 Å². The van der Waals surface area contributed by atoms with Gasteiger partial charge in [-0.15, -0.1) is 0 Å². The summed E-state index contributed by atoms with van der Waals surface area (Å²) in [5, 5.41) is 0. The van der Waals surface area contributed by atoms with E-state index in [2.05, 4.69) is 25.1 Å². The molecule has 0 saturated heterocycles. The highest BCUT2D eigenvalue weighted by Gasteiger charge is 2.16. The average Bonchev–Trinajstić information content (AvgIpc) is 2.18. The third kappa shape index (κ3) is 1.74. The van der Waals surface area contributed by atoms with Gasteiger partial charge in [-0.1, -0.05) is 25.1 Å². The van der Waals surface area contributed by atoms with Gasteiger partial charge >= 0.3 is 0 Å². The van der Waals surface area contributed by atoms with Crippen molar-refractivity contribution in [2.75, 3.05) is 5.75 Å². The smallest absolute Gasteiger partial charge is 0.0390 e. The Hall–Kier alpha value is -0.470. The molecule has 2 rings (SSSR count). The summed E-state index contributed by atoms with van der Waals surface area (Å²) in [4.78, 5) is 0. The fourth-order valence-electron chi connectivity index (χ4n) is 1.73. The number of hydrogen-bond acceptors (Lipinski definition) is 2. The van der Waals surface area contributed by atoms with Crippen LogP contribution in [0.3, 0.4) is 0 Å². The SMILES string of the molecule is CCc1ccc2c(c1)[C@@H](N)CSC2. The Labute approximate surface area is 83.7 Å². The molecule has 1 heterocycles. The minimum atomic E-state index is 0.250. The first-order valence-corrected chi connectivity index (χ1v) is 5.91. The van der Waals surface area contributed by atoms with Crippen LogP contribution >= 0.6 is 11.8 Å². The Balaban J connectivity index is 2.41. The van der Waals surface area contributed by atoms with E-state index >= 15 is 0 Å². The molecule has 1 atom stereocenters. The van der Waals surface area contributed by atoms with Gasteiger partial charge in [0.25, 0.3) is 0 Å². The number of thioether (sulfide) groups is 1. The highest BCUT2D eigenvalue weighted by molar-refractivity contribution is 7.98. The molecule has 1 aliphatic rings. The molecule has 1 aliphatic heterocycles. The van der Waals surface area contributed by atoms with E-state index in [4.69, 9.17) is 5.73 Å². The van der Waals surface area contributed by atoms with Crippen molar-refractivity contribution in [1.29, 1.82) is 0 Å². The molecule has 0 spiro atoms. The zero-order chi connectivity index (χ0) is 9.26. The molecule has 13 heavy (non-hydrogen) atoms. The maximum Gasteiger partial charge on any atom is 0.0390 e. The van der Waals surface area contributed by atoms with Crippen molar-refractivity contribution in [2.45, 2.75) is 25.1 Å². The number of aryl methyl sites for hydroxylation is 1. The Morgan fingerprint density at radius 1 is 1.54 bits per heavy atom. The second-order valence-electron chi connectivity index (χ2n) is 3.51. The van der Waals surface area contributed by atoms with E-state index in [1.54, 1.807) is 0 Å². The van der Waals surface area contributed by atoms with Crippen LogP contribution in [0.2, 0.25) is 0 Å². The van der Waals surface area contributed by atoms with E-state index in [-0.39, 0.29) is 6.04 Å². The van der Waals surface area contributed by atoms with Crippen molar-refractivity contribution < 1.29 is 0 Å². The molecule has 0 unspecified atom stereocenters. The maximum atomic E-state index is 6.05. The molecule has 0 radical (unpaired) electrons. The van der Waals surface area contributed by atoms with Gasteiger partial charge < -0.3 is 5.73 Å². The van der Waals surface area contributed by atoms with Crippen molar-refractivity contribution in [1.82, 2.24) is 0 Å². The molecule has 0 fully saturated rings. The number of rotatable bonds is 1. The van der Waals surface area contributed by atoms with Gasteiger partial charge in [-0.25, -0.2) is 0 Å². The van der Waals surface area contributed by atoms with Gasteiger partial charge in [0.05, 0.1) is 0 Å². The third-order valence-corrected chi connectivity index (χ3v) is 3.68. The Bertz CT molecular complexity index is 309. The Morgan fingerprint density at radius 2 is 2.38 bits per heavy atom. The lowest BCUT2D eigenvalue weighted by Gasteiger charge is -2.22. The van der Waals surface area contributed by atoms with Gasteiger partial charge in [-0.05, 0) is 23.1 Å². The minimum absolute atomic E-state index is 0.250. The Morgan fingerprint density at radius 3 is 3.15 bits per heavy atom. The average molecular weight is 193 g/mol. The molecule has 0 amide bonds. The van der Waals surface area contributed by atoms with Gasteiger partial charge in [-0.3, -0.25) is 0 Å². The second-order valence-corrected chi connectivity index (χ2v) is 4.54. The van der Waals surface area contributed by atoms with Crippen LogP contribution in [0, 0.1) is 0 Å². The standard InChI is InChI=1S/C11H15NS/c1-2-8-3-4-9-6-13-7-11(12)10(9)5-8/h3-5,11H,2,6-7,12H2,1H3/t11-/m0/s1. The number of nitrogens with two attached hydrogens (primary N) is 1. The fraction of sp³-hybridized carbons (Fsp3) is 0.455. The van der Waals surface area contributed by atoms with E-state index in [0.717, 1.165) is 17.9 Å². The summed E-state index contributed by atoms with van der Waals surface area (Å²) >= 11 is 1.93. The van der Waals surface area contributed by atoms with Crippen LogP contribution in [-0.2, 0) is 12.2 Å². The summed E-state index contributed by atoms with van der Waals surface area (Å²) in [6.07, 6.45) is 1.10. The largest absolute Gasteiger partial charge is 0.323 e. The predicted molar refractivity (Wildman–Crippen MR) is 58.9 cm³/mol. The molecule has 2 heteroatoms. The van der Waals surface area contributed by atoms with Gasteiger partial charge in [0.2, 0.25) is 0 Å². The molecule has 2 N–H and O–H groups in total. The first kappa shape index (κ1) is 9.10. The van der Waals surface area contributed by atoms with Crippen LogP contribution in [0.1, 0.15) is 29.7 Å². The van der Waals surface area contributed by atoms with Crippen molar-refractivity contribution in [2.24, 2.45) is 5.73 Å². The highest BCUT2D eigenvalue weighted by Crippen LogP contribution is 2.30. The van der Waals surface area contributed by atoms with Crippen LogP contribution in [0.15, 0.2) is 18.2 Å². The summed E-state index contributed by atoms with van der Waals surface area (Å²) < 4.78 is 0. The van der Waals surface area contributed by atoms with Crippen molar-refractivity contribution in [3.05, 3.63) is 34.9 Å².